The first-order chi connectivity index (χ1) is 7.56. The van der Waals surface area contributed by atoms with Gasteiger partial charge in [0.1, 0.15) is 5.02 Å². The highest BCUT2D eigenvalue weighted by Gasteiger charge is 2.28. The van der Waals surface area contributed by atoms with E-state index in [4.69, 9.17) is 25.8 Å². The Morgan fingerprint density at radius 2 is 1.75 bits per heavy atom. The molecule has 0 saturated heterocycles. The molecular weight excluding hydrogens is 238 g/mol. The highest BCUT2D eigenvalue weighted by molar-refractivity contribution is 6.33. The van der Waals surface area contributed by atoms with Crippen molar-refractivity contribution in [3.8, 4) is 17.2 Å². The predicted octanol–water partition coefficient (Wildman–Crippen LogP) is 2.27. The molecule has 1 rings (SSSR count). The fourth-order valence-corrected chi connectivity index (χ4v) is 1.54. The molecule has 0 aliphatic carbocycles. The molecule has 0 radical (unpaired) electrons. The molecule has 7 heteroatoms. The SMILES string of the molecule is COc1cc(Cl)c([N+](=O)[O-])c(OC)c1OC. The van der Waals surface area contributed by atoms with Crippen molar-refractivity contribution in [3.05, 3.63) is 21.2 Å². The van der Waals surface area contributed by atoms with Crippen LogP contribution < -0.4 is 14.2 Å². The molecule has 0 heterocycles. The van der Waals surface area contributed by atoms with E-state index in [0.29, 0.717) is 0 Å². The molecule has 0 aromatic heterocycles. The topological polar surface area (TPSA) is 70.8 Å². The molecule has 1 aromatic rings. The number of benzene rings is 1. The maximum Gasteiger partial charge on any atom is 0.333 e. The van der Waals surface area contributed by atoms with Gasteiger partial charge in [-0.1, -0.05) is 11.6 Å². The molecule has 0 bridgehead atoms. The summed E-state index contributed by atoms with van der Waals surface area (Å²) in [5, 5.41) is 10.7. The average molecular weight is 248 g/mol. The number of rotatable bonds is 4. The number of methoxy groups -OCH3 is 3. The molecular formula is C9H10ClNO5. The van der Waals surface area contributed by atoms with E-state index in [1.165, 1.54) is 27.4 Å². The maximum absolute atomic E-state index is 10.8. The van der Waals surface area contributed by atoms with Gasteiger partial charge in [-0.3, -0.25) is 10.1 Å². The van der Waals surface area contributed by atoms with Crippen molar-refractivity contribution in [3.63, 3.8) is 0 Å². The van der Waals surface area contributed by atoms with Crippen LogP contribution in [0.4, 0.5) is 5.69 Å². The predicted molar refractivity (Wildman–Crippen MR) is 57.8 cm³/mol. The third kappa shape index (κ3) is 1.96. The van der Waals surface area contributed by atoms with Crippen LogP contribution in [0.1, 0.15) is 0 Å². The maximum atomic E-state index is 10.8. The fraction of sp³-hybridized carbons (Fsp3) is 0.333. The highest BCUT2D eigenvalue weighted by atomic mass is 35.5. The van der Waals surface area contributed by atoms with Gasteiger partial charge in [0.05, 0.1) is 26.3 Å². The summed E-state index contributed by atoms with van der Waals surface area (Å²) in [6.07, 6.45) is 0. The summed E-state index contributed by atoms with van der Waals surface area (Å²) >= 11 is 5.76. The van der Waals surface area contributed by atoms with E-state index in [1.54, 1.807) is 0 Å². The van der Waals surface area contributed by atoms with Gasteiger partial charge in [-0.15, -0.1) is 0 Å². The van der Waals surface area contributed by atoms with E-state index < -0.39 is 4.92 Å². The minimum absolute atomic E-state index is 0.0585. The van der Waals surface area contributed by atoms with Gasteiger partial charge in [-0.2, -0.15) is 0 Å². The van der Waals surface area contributed by atoms with Gasteiger partial charge < -0.3 is 14.2 Å². The second-order valence-corrected chi connectivity index (χ2v) is 3.14. The first-order valence-electron chi connectivity index (χ1n) is 4.19. The van der Waals surface area contributed by atoms with Crippen LogP contribution in [0.15, 0.2) is 6.07 Å². The van der Waals surface area contributed by atoms with Crippen LogP contribution in [0, 0.1) is 10.1 Å². The highest BCUT2D eigenvalue weighted by Crippen LogP contribution is 2.47. The normalized spacial score (nSPS) is 9.75. The van der Waals surface area contributed by atoms with E-state index in [9.17, 15) is 10.1 Å². The van der Waals surface area contributed by atoms with Crippen LogP contribution >= 0.6 is 11.6 Å². The van der Waals surface area contributed by atoms with Crippen LogP contribution in [-0.4, -0.2) is 26.3 Å². The van der Waals surface area contributed by atoms with Crippen LogP contribution in [0.25, 0.3) is 0 Å². The van der Waals surface area contributed by atoms with Crippen molar-refractivity contribution in [2.24, 2.45) is 0 Å². The molecule has 0 aliphatic rings. The molecule has 16 heavy (non-hydrogen) atoms. The average Bonchev–Trinajstić information content (AvgIpc) is 2.26. The van der Waals surface area contributed by atoms with Gasteiger partial charge in [0.2, 0.25) is 11.5 Å². The van der Waals surface area contributed by atoms with Crippen molar-refractivity contribution < 1.29 is 19.1 Å². The molecule has 88 valence electrons. The van der Waals surface area contributed by atoms with E-state index in [0.717, 1.165) is 0 Å². The lowest BCUT2D eigenvalue weighted by Crippen LogP contribution is -2.00. The number of halogens is 1. The largest absolute Gasteiger partial charge is 0.493 e. The summed E-state index contributed by atoms with van der Waals surface area (Å²) in [5.41, 5.74) is -0.346. The lowest BCUT2D eigenvalue weighted by atomic mass is 10.2. The Kier molecular flexibility index (Phi) is 3.78. The van der Waals surface area contributed by atoms with Crippen molar-refractivity contribution in [1.82, 2.24) is 0 Å². The van der Waals surface area contributed by atoms with Crippen molar-refractivity contribution in [2.75, 3.05) is 21.3 Å². The molecule has 0 amide bonds. The zero-order valence-corrected chi connectivity index (χ0v) is 9.70. The zero-order chi connectivity index (χ0) is 12.3. The van der Waals surface area contributed by atoms with E-state index in [2.05, 4.69) is 0 Å². The molecule has 0 N–H and O–H groups in total. The smallest absolute Gasteiger partial charge is 0.333 e. The summed E-state index contributed by atoms with van der Waals surface area (Å²) < 4.78 is 14.9. The third-order valence-corrected chi connectivity index (χ3v) is 2.23. The summed E-state index contributed by atoms with van der Waals surface area (Å²) in [4.78, 5) is 10.2. The molecule has 6 nitrogen and oxygen atoms in total. The Morgan fingerprint density at radius 3 is 2.12 bits per heavy atom. The number of ether oxygens (including phenoxy) is 3. The van der Waals surface area contributed by atoms with Crippen LogP contribution in [-0.2, 0) is 0 Å². The summed E-state index contributed by atoms with van der Waals surface area (Å²) in [6, 6.07) is 1.31. The number of hydrogen-bond donors (Lipinski definition) is 0. The Labute approximate surface area is 96.8 Å². The van der Waals surface area contributed by atoms with Crippen molar-refractivity contribution >= 4 is 17.3 Å². The van der Waals surface area contributed by atoms with Gasteiger partial charge in [0.25, 0.3) is 0 Å². The van der Waals surface area contributed by atoms with E-state index in [1.807, 2.05) is 0 Å². The van der Waals surface area contributed by atoms with E-state index >= 15 is 0 Å². The number of nitro benzene ring substituents is 1. The van der Waals surface area contributed by atoms with E-state index in [-0.39, 0.29) is 28.0 Å². The standard InChI is InChI=1S/C9H10ClNO5/c1-14-6-4-5(10)7(11(12)13)9(16-3)8(6)15-2/h4H,1-3H3. The number of nitro groups is 1. The monoisotopic (exact) mass is 247 g/mol. The van der Waals surface area contributed by atoms with Gasteiger partial charge in [-0.05, 0) is 0 Å². The second-order valence-electron chi connectivity index (χ2n) is 2.73. The van der Waals surface area contributed by atoms with Gasteiger partial charge >= 0.3 is 5.69 Å². The summed E-state index contributed by atoms with van der Waals surface area (Å²) in [7, 11) is 4.05. The third-order valence-electron chi connectivity index (χ3n) is 1.94. The number of nitrogens with zero attached hydrogens (tertiary/aromatic N) is 1. The molecule has 1 aromatic carbocycles. The Bertz CT molecular complexity index is 421. The van der Waals surface area contributed by atoms with Crippen molar-refractivity contribution in [1.29, 1.82) is 0 Å². The molecule has 0 spiro atoms. The number of hydrogen-bond acceptors (Lipinski definition) is 5. The Hall–Kier alpha value is -1.69. The van der Waals surface area contributed by atoms with Gasteiger partial charge in [0.15, 0.2) is 5.75 Å². The van der Waals surface area contributed by atoms with Crippen molar-refractivity contribution in [2.45, 2.75) is 0 Å². The lowest BCUT2D eigenvalue weighted by molar-refractivity contribution is -0.385. The zero-order valence-electron chi connectivity index (χ0n) is 8.94. The minimum Gasteiger partial charge on any atom is -0.493 e. The molecule has 0 saturated carbocycles. The first kappa shape index (κ1) is 12.4. The van der Waals surface area contributed by atoms with Crippen LogP contribution in [0.2, 0.25) is 5.02 Å². The second kappa shape index (κ2) is 4.89. The molecule has 0 unspecified atom stereocenters. The van der Waals surface area contributed by atoms with Crippen LogP contribution in [0.3, 0.4) is 0 Å². The lowest BCUT2D eigenvalue weighted by Gasteiger charge is -2.12. The summed E-state index contributed by atoms with van der Waals surface area (Å²) in [6.45, 7) is 0. The van der Waals surface area contributed by atoms with Crippen LogP contribution in [0.5, 0.6) is 17.2 Å². The fourth-order valence-electron chi connectivity index (χ4n) is 1.28. The first-order valence-corrected chi connectivity index (χ1v) is 4.57. The van der Waals surface area contributed by atoms with Gasteiger partial charge in [0, 0.05) is 6.07 Å². The van der Waals surface area contributed by atoms with Gasteiger partial charge in [-0.25, -0.2) is 0 Å². The molecule has 0 fully saturated rings. The molecule has 0 aliphatic heterocycles. The summed E-state index contributed by atoms with van der Waals surface area (Å²) in [5.74, 6) is 0.355. The molecule has 0 atom stereocenters. The Morgan fingerprint density at radius 1 is 1.19 bits per heavy atom. The Balaban J connectivity index is 3.57. The minimum atomic E-state index is -0.636. The quantitative estimate of drug-likeness (QED) is 0.603.